The van der Waals surface area contributed by atoms with Crippen molar-refractivity contribution in [2.45, 2.75) is 53.0 Å². The van der Waals surface area contributed by atoms with Crippen LogP contribution < -0.4 is 5.32 Å². The van der Waals surface area contributed by atoms with Crippen molar-refractivity contribution in [2.24, 2.45) is 5.92 Å². The van der Waals surface area contributed by atoms with Gasteiger partial charge in [0, 0.05) is 24.8 Å². The summed E-state index contributed by atoms with van der Waals surface area (Å²) >= 11 is 0. The van der Waals surface area contributed by atoms with Gasteiger partial charge in [0.15, 0.2) is 0 Å². The first-order valence-corrected chi connectivity index (χ1v) is 8.18. The molecule has 1 aromatic rings. The van der Waals surface area contributed by atoms with Crippen LogP contribution in [-0.4, -0.2) is 29.9 Å². The predicted molar refractivity (Wildman–Crippen MR) is 88.9 cm³/mol. The van der Waals surface area contributed by atoms with Crippen LogP contribution in [-0.2, 0) is 0 Å². The number of hydrogen-bond donors (Lipinski definition) is 1. The third-order valence-corrected chi connectivity index (χ3v) is 3.78. The van der Waals surface area contributed by atoms with Crippen molar-refractivity contribution in [3.05, 3.63) is 29.3 Å². The Kier molecular flexibility index (Phi) is 5.27. The molecule has 116 valence electrons. The minimum absolute atomic E-state index is 0.185. The SMILES string of the molecule is CCCNc1cc(C)ccc1C(=O)N(CC(C)C)C1CC1. The third-order valence-electron chi connectivity index (χ3n) is 3.78. The number of rotatable bonds is 7. The highest BCUT2D eigenvalue weighted by Crippen LogP contribution is 2.30. The summed E-state index contributed by atoms with van der Waals surface area (Å²) in [5, 5.41) is 3.40. The molecule has 1 saturated carbocycles. The monoisotopic (exact) mass is 288 g/mol. The standard InChI is InChI=1S/C18H28N2O/c1-5-10-19-17-11-14(4)6-9-16(17)18(21)20(12-13(2)3)15-7-8-15/h6,9,11,13,15,19H,5,7-8,10,12H2,1-4H3. The minimum Gasteiger partial charge on any atom is -0.384 e. The summed E-state index contributed by atoms with van der Waals surface area (Å²) in [4.78, 5) is 15.0. The fraction of sp³-hybridized carbons (Fsp3) is 0.611. The molecule has 1 N–H and O–H groups in total. The number of hydrogen-bond acceptors (Lipinski definition) is 2. The number of aryl methyl sites for hydroxylation is 1. The van der Waals surface area contributed by atoms with Crippen molar-refractivity contribution in [1.29, 1.82) is 0 Å². The summed E-state index contributed by atoms with van der Waals surface area (Å²) in [6.07, 6.45) is 3.37. The highest BCUT2D eigenvalue weighted by Gasteiger charge is 2.34. The summed E-state index contributed by atoms with van der Waals surface area (Å²) in [5.41, 5.74) is 2.99. The molecule has 1 aliphatic rings. The number of nitrogens with zero attached hydrogens (tertiary/aromatic N) is 1. The lowest BCUT2D eigenvalue weighted by Crippen LogP contribution is -2.36. The van der Waals surface area contributed by atoms with Crippen LogP contribution in [0.5, 0.6) is 0 Å². The summed E-state index contributed by atoms with van der Waals surface area (Å²) in [5.74, 6) is 0.692. The van der Waals surface area contributed by atoms with Gasteiger partial charge in [-0.25, -0.2) is 0 Å². The maximum absolute atomic E-state index is 12.9. The largest absolute Gasteiger partial charge is 0.384 e. The van der Waals surface area contributed by atoms with Crippen molar-refractivity contribution < 1.29 is 4.79 Å². The summed E-state index contributed by atoms with van der Waals surface area (Å²) < 4.78 is 0. The minimum atomic E-state index is 0.185. The Bertz CT molecular complexity index is 492. The van der Waals surface area contributed by atoms with Gasteiger partial charge in [0.05, 0.1) is 5.56 Å². The molecule has 0 bridgehead atoms. The topological polar surface area (TPSA) is 32.3 Å². The van der Waals surface area contributed by atoms with Crippen LogP contribution in [0.3, 0.4) is 0 Å². The molecule has 0 unspecified atom stereocenters. The summed E-state index contributed by atoms with van der Waals surface area (Å²) in [7, 11) is 0. The second-order valence-corrected chi connectivity index (χ2v) is 6.56. The normalized spacial score (nSPS) is 14.3. The summed E-state index contributed by atoms with van der Waals surface area (Å²) in [6.45, 7) is 10.3. The second-order valence-electron chi connectivity index (χ2n) is 6.56. The van der Waals surface area contributed by atoms with E-state index in [1.54, 1.807) is 0 Å². The van der Waals surface area contributed by atoms with Crippen LogP contribution in [0.25, 0.3) is 0 Å². The van der Waals surface area contributed by atoms with E-state index in [4.69, 9.17) is 0 Å². The fourth-order valence-electron chi connectivity index (χ4n) is 2.58. The molecule has 3 heteroatoms. The Labute approximate surface area is 128 Å². The van der Waals surface area contributed by atoms with Crippen LogP contribution in [0, 0.1) is 12.8 Å². The molecule has 0 heterocycles. The Balaban J connectivity index is 2.23. The number of carbonyl (C=O) groups excluding carboxylic acids is 1. The Morgan fingerprint density at radius 3 is 2.67 bits per heavy atom. The van der Waals surface area contributed by atoms with Crippen molar-refractivity contribution in [3.63, 3.8) is 0 Å². The molecular formula is C18H28N2O. The molecule has 3 nitrogen and oxygen atoms in total. The van der Waals surface area contributed by atoms with E-state index in [2.05, 4.69) is 44.0 Å². The molecule has 0 radical (unpaired) electrons. The molecular weight excluding hydrogens is 260 g/mol. The van der Waals surface area contributed by atoms with Crippen LogP contribution >= 0.6 is 0 Å². The first-order valence-electron chi connectivity index (χ1n) is 8.18. The highest BCUT2D eigenvalue weighted by atomic mass is 16.2. The van der Waals surface area contributed by atoms with Crippen molar-refractivity contribution in [2.75, 3.05) is 18.4 Å². The quantitative estimate of drug-likeness (QED) is 0.820. The van der Waals surface area contributed by atoms with Gasteiger partial charge in [0.1, 0.15) is 0 Å². The van der Waals surface area contributed by atoms with E-state index < -0.39 is 0 Å². The molecule has 0 atom stereocenters. The smallest absolute Gasteiger partial charge is 0.256 e. The Hall–Kier alpha value is -1.51. The average Bonchev–Trinajstić information content (AvgIpc) is 3.26. The molecule has 2 rings (SSSR count). The number of anilines is 1. The molecule has 0 spiro atoms. The van der Waals surface area contributed by atoms with E-state index in [1.165, 1.54) is 5.56 Å². The van der Waals surface area contributed by atoms with E-state index in [0.29, 0.717) is 12.0 Å². The van der Waals surface area contributed by atoms with Gasteiger partial charge in [-0.2, -0.15) is 0 Å². The maximum atomic E-state index is 12.9. The van der Waals surface area contributed by atoms with Gasteiger partial charge in [-0.1, -0.05) is 26.8 Å². The molecule has 0 aliphatic heterocycles. The molecule has 1 aliphatic carbocycles. The van der Waals surface area contributed by atoms with Gasteiger partial charge >= 0.3 is 0 Å². The fourth-order valence-corrected chi connectivity index (χ4v) is 2.58. The highest BCUT2D eigenvalue weighted by molar-refractivity contribution is 6.00. The third kappa shape index (κ3) is 4.23. The van der Waals surface area contributed by atoms with Gasteiger partial charge in [0.2, 0.25) is 0 Å². The lowest BCUT2D eigenvalue weighted by Gasteiger charge is -2.26. The van der Waals surface area contributed by atoms with Crippen molar-refractivity contribution in [1.82, 2.24) is 4.90 Å². The van der Waals surface area contributed by atoms with E-state index in [0.717, 1.165) is 43.6 Å². The van der Waals surface area contributed by atoms with Crippen LogP contribution in [0.1, 0.15) is 56.0 Å². The average molecular weight is 288 g/mol. The zero-order valence-electron chi connectivity index (χ0n) is 13.8. The predicted octanol–water partition coefficient (Wildman–Crippen LogP) is 4.08. The van der Waals surface area contributed by atoms with Crippen molar-refractivity contribution >= 4 is 11.6 Å². The van der Waals surface area contributed by atoms with E-state index >= 15 is 0 Å². The Morgan fingerprint density at radius 2 is 2.10 bits per heavy atom. The number of nitrogens with one attached hydrogen (secondary N) is 1. The zero-order valence-corrected chi connectivity index (χ0v) is 13.8. The second kappa shape index (κ2) is 6.97. The van der Waals surface area contributed by atoms with Crippen LogP contribution in [0.2, 0.25) is 0 Å². The van der Waals surface area contributed by atoms with Gasteiger partial charge < -0.3 is 10.2 Å². The van der Waals surface area contributed by atoms with Crippen LogP contribution in [0.15, 0.2) is 18.2 Å². The molecule has 1 fully saturated rings. The number of carbonyl (C=O) groups is 1. The van der Waals surface area contributed by atoms with Gasteiger partial charge in [0.25, 0.3) is 5.91 Å². The lowest BCUT2D eigenvalue weighted by atomic mass is 10.1. The first-order chi connectivity index (χ1) is 10.0. The molecule has 0 saturated heterocycles. The van der Waals surface area contributed by atoms with Gasteiger partial charge in [-0.05, 0) is 49.8 Å². The van der Waals surface area contributed by atoms with Gasteiger partial charge in [-0.3, -0.25) is 4.79 Å². The molecule has 0 aromatic heterocycles. The lowest BCUT2D eigenvalue weighted by molar-refractivity contribution is 0.0723. The zero-order chi connectivity index (χ0) is 15.4. The number of benzene rings is 1. The molecule has 1 aromatic carbocycles. The van der Waals surface area contributed by atoms with E-state index in [-0.39, 0.29) is 5.91 Å². The molecule has 1 amide bonds. The van der Waals surface area contributed by atoms with Gasteiger partial charge in [-0.15, -0.1) is 0 Å². The maximum Gasteiger partial charge on any atom is 0.256 e. The number of amides is 1. The first kappa shape index (κ1) is 15.9. The van der Waals surface area contributed by atoms with E-state index in [1.807, 2.05) is 12.1 Å². The van der Waals surface area contributed by atoms with E-state index in [9.17, 15) is 4.79 Å². The summed E-state index contributed by atoms with van der Waals surface area (Å²) in [6, 6.07) is 6.56. The van der Waals surface area contributed by atoms with Crippen molar-refractivity contribution in [3.8, 4) is 0 Å². The molecule has 21 heavy (non-hydrogen) atoms. The Morgan fingerprint density at radius 1 is 1.38 bits per heavy atom. The van der Waals surface area contributed by atoms with Crippen LogP contribution in [0.4, 0.5) is 5.69 Å².